The molecule has 2 N–H and O–H groups in total. The molecule has 7 heteroatoms. The van der Waals surface area contributed by atoms with Crippen LogP contribution in [0, 0.1) is 0 Å². The number of H-pyrrole nitrogens is 1. The lowest BCUT2D eigenvalue weighted by molar-refractivity contribution is -0.121. The molecule has 2 heterocycles. The summed E-state index contributed by atoms with van der Waals surface area (Å²) in [6.45, 7) is 0.0885. The summed E-state index contributed by atoms with van der Waals surface area (Å²) in [5.74, 6) is -0.258. The molecule has 7 nitrogen and oxygen atoms in total. The highest BCUT2D eigenvalue weighted by Gasteiger charge is 2.02. The van der Waals surface area contributed by atoms with Crippen molar-refractivity contribution in [3.63, 3.8) is 0 Å². The van der Waals surface area contributed by atoms with Crippen LogP contribution in [0.4, 0.5) is 0 Å². The van der Waals surface area contributed by atoms with Gasteiger partial charge in [-0.25, -0.2) is 15.1 Å². The number of nitrogens with one attached hydrogen (secondary N) is 2. The third-order valence-electron chi connectivity index (χ3n) is 2.79. The predicted octanol–water partition coefficient (Wildman–Crippen LogP) is 0.910. The van der Waals surface area contributed by atoms with Crippen molar-refractivity contribution in [2.45, 2.75) is 6.54 Å². The van der Waals surface area contributed by atoms with Crippen LogP contribution in [0.3, 0.4) is 0 Å². The van der Waals surface area contributed by atoms with Crippen molar-refractivity contribution < 1.29 is 4.79 Å². The molecule has 0 aliphatic heterocycles. The number of carbonyl (C=O) groups excluding carboxylic acids is 1. The Kier molecular flexibility index (Phi) is 3.24. The first-order chi connectivity index (χ1) is 9.83. The van der Waals surface area contributed by atoms with Crippen molar-refractivity contribution in [2.24, 2.45) is 5.10 Å². The lowest BCUT2D eigenvalue weighted by Gasteiger charge is -1.98. The molecule has 20 heavy (non-hydrogen) atoms. The minimum absolute atomic E-state index is 0.0885. The van der Waals surface area contributed by atoms with Crippen LogP contribution in [0.1, 0.15) is 5.56 Å². The third-order valence-corrected chi connectivity index (χ3v) is 2.79. The van der Waals surface area contributed by atoms with E-state index in [9.17, 15) is 4.79 Å². The molecule has 1 aromatic carbocycles. The molecule has 100 valence electrons. The average Bonchev–Trinajstić information content (AvgIpc) is 3.09. The molecule has 0 unspecified atom stereocenters. The number of benzene rings is 1. The second-order valence-electron chi connectivity index (χ2n) is 4.18. The number of aromatic amines is 1. The Balaban J connectivity index is 1.64. The van der Waals surface area contributed by atoms with Crippen molar-refractivity contribution in [2.75, 3.05) is 0 Å². The summed E-state index contributed by atoms with van der Waals surface area (Å²) in [5, 5.41) is 8.84. The molecular formula is C13H12N6O. The molecule has 0 radical (unpaired) electrons. The van der Waals surface area contributed by atoms with Crippen LogP contribution in [-0.4, -0.2) is 31.9 Å². The first-order valence-corrected chi connectivity index (χ1v) is 6.03. The highest BCUT2D eigenvalue weighted by atomic mass is 16.2. The van der Waals surface area contributed by atoms with Gasteiger partial charge in [-0.05, 0) is 6.07 Å². The maximum absolute atomic E-state index is 11.6. The topological polar surface area (TPSA) is 88.0 Å². The smallest absolute Gasteiger partial charge is 0.261 e. The number of hydrazone groups is 1. The van der Waals surface area contributed by atoms with Crippen LogP contribution < -0.4 is 5.43 Å². The summed E-state index contributed by atoms with van der Waals surface area (Å²) in [5.41, 5.74) is 4.40. The fourth-order valence-corrected chi connectivity index (χ4v) is 1.87. The van der Waals surface area contributed by atoms with Crippen molar-refractivity contribution in [3.8, 4) is 0 Å². The average molecular weight is 268 g/mol. The molecule has 0 saturated carbocycles. The van der Waals surface area contributed by atoms with Crippen molar-refractivity contribution in [1.29, 1.82) is 0 Å². The van der Waals surface area contributed by atoms with E-state index in [1.807, 2.05) is 30.5 Å². The minimum atomic E-state index is -0.258. The number of fused-ring (bicyclic) bond motifs is 1. The van der Waals surface area contributed by atoms with E-state index < -0.39 is 0 Å². The Morgan fingerprint density at radius 3 is 3.20 bits per heavy atom. The molecule has 0 bridgehead atoms. The van der Waals surface area contributed by atoms with E-state index >= 15 is 0 Å². The van der Waals surface area contributed by atoms with Gasteiger partial charge < -0.3 is 4.98 Å². The van der Waals surface area contributed by atoms with Crippen molar-refractivity contribution in [3.05, 3.63) is 48.7 Å². The monoisotopic (exact) mass is 268 g/mol. The summed E-state index contributed by atoms with van der Waals surface area (Å²) in [6.07, 6.45) is 6.31. The maximum atomic E-state index is 11.6. The van der Waals surface area contributed by atoms with E-state index in [0.29, 0.717) is 0 Å². The van der Waals surface area contributed by atoms with Crippen LogP contribution in [0.2, 0.25) is 0 Å². The summed E-state index contributed by atoms with van der Waals surface area (Å²) in [7, 11) is 0. The van der Waals surface area contributed by atoms with Gasteiger partial charge in [-0.3, -0.25) is 4.79 Å². The van der Waals surface area contributed by atoms with E-state index in [-0.39, 0.29) is 12.5 Å². The number of nitrogens with zero attached hydrogens (tertiary/aromatic N) is 4. The van der Waals surface area contributed by atoms with E-state index in [2.05, 4.69) is 25.6 Å². The number of hydrogen-bond donors (Lipinski definition) is 2. The van der Waals surface area contributed by atoms with Crippen LogP contribution in [-0.2, 0) is 11.3 Å². The summed E-state index contributed by atoms with van der Waals surface area (Å²) in [4.78, 5) is 18.5. The van der Waals surface area contributed by atoms with E-state index in [1.54, 1.807) is 6.21 Å². The standard InChI is InChI=1S/C13H12N6O/c20-13(7-19-9-14-8-17-19)18-16-6-10-5-15-12-4-2-1-3-11(10)12/h1-6,8-9,15H,7H2,(H,18,20)/b16-6+. The molecule has 0 aliphatic carbocycles. The summed E-state index contributed by atoms with van der Waals surface area (Å²) < 4.78 is 1.43. The Morgan fingerprint density at radius 2 is 2.35 bits per heavy atom. The highest BCUT2D eigenvalue weighted by Crippen LogP contribution is 2.15. The third kappa shape index (κ3) is 2.56. The van der Waals surface area contributed by atoms with E-state index in [0.717, 1.165) is 16.5 Å². The zero-order chi connectivity index (χ0) is 13.8. The second kappa shape index (κ2) is 5.35. The number of aromatic nitrogens is 4. The number of hydrogen-bond acceptors (Lipinski definition) is 4. The molecule has 0 spiro atoms. The van der Waals surface area contributed by atoms with E-state index in [4.69, 9.17) is 0 Å². The Morgan fingerprint density at radius 1 is 1.45 bits per heavy atom. The van der Waals surface area contributed by atoms with Crippen molar-refractivity contribution in [1.82, 2.24) is 25.2 Å². The SMILES string of the molecule is O=C(Cn1cncn1)N/N=C/c1c[nH]c2ccccc12. The van der Waals surface area contributed by atoms with Gasteiger partial charge in [0.15, 0.2) is 0 Å². The molecule has 0 fully saturated rings. The highest BCUT2D eigenvalue weighted by molar-refractivity contribution is 5.99. The number of rotatable bonds is 4. The fourth-order valence-electron chi connectivity index (χ4n) is 1.87. The molecule has 0 atom stereocenters. The lowest BCUT2D eigenvalue weighted by Crippen LogP contribution is -2.23. The van der Waals surface area contributed by atoms with Gasteiger partial charge >= 0.3 is 0 Å². The van der Waals surface area contributed by atoms with E-state index in [1.165, 1.54) is 17.3 Å². The van der Waals surface area contributed by atoms with Gasteiger partial charge in [-0.15, -0.1) is 0 Å². The Bertz CT molecular complexity index is 743. The van der Waals surface area contributed by atoms with Gasteiger partial charge in [0.05, 0.1) is 6.21 Å². The number of para-hydroxylation sites is 1. The number of amides is 1. The molecule has 3 rings (SSSR count). The fraction of sp³-hybridized carbons (Fsp3) is 0.0769. The number of carbonyl (C=O) groups is 1. The quantitative estimate of drug-likeness (QED) is 0.544. The van der Waals surface area contributed by atoms with Gasteiger partial charge in [-0.2, -0.15) is 10.2 Å². The Labute approximate surface area is 114 Å². The van der Waals surface area contributed by atoms with Crippen LogP contribution in [0.25, 0.3) is 10.9 Å². The van der Waals surface area contributed by atoms with Crippen molar-refractivity contribution >= 4 is 23.0 Å². The maximum Gasteiger partial charge on any atom is 0.261 e. The molecule has 3 aromatic rings. The van der Waals surface area contributed by atoms with Crippen LogP contribution in [0.15, 0.2) is 48.2 Å². The second-order valence-corrected chi connectivity index (χ2v) is 4.18. The van der Waals surface area contributed by atoms with Gasteiger partial charge in [0.25, 0.3) is 5.91 Å². The Hall–Kier alpha value is -2.96. The molecule has 1 amide bonds. The minimum Gasteiger partial charge on any atom is -0.361 e. The first-order valence-electron chi connectivity index (χ1n) is 6.03. The molecule has 0 saturated heterocycles. The van der Waals surface area contributed by atoms with Crippen LogP contribution >= 0.6 is 0 Å². The molecule has 0 aliphatic rings. The summed E-state index contributed by atoms with van der Waals surface area (Å²) >= 11 is 0. The van der Waals surface area contributed by atoms with Gasteiger partial charge in [0.1, 0.15) is 19.2 Å². The zero-order valence-electron chi connectivity index (χ0n) is 10.5. The first kappa shape index (κ1) is 12.1. The molecular weight excluding hydrogens is 256 g/mol. The normalized spacial score (nSPS) is 11.2. The zero-order valence-corrected chi connectivity index (χ0v) is 10.5. The summed E-state index contributed by atoms with van der Waals surface area (Å²) in [6, 6.07) is 7.89. The van der Waals surface area contributed by atoms with Gasteiger partial charge in [-0.1, -0.05) is 18.2 Å². The van der Waals surface area contributed by atoms with Gasteiger partial charge in [0.2, 0.25) is 0 Å². The largest absolute Gasteiger partial charge is 0.361 e. The predicted molar refractivity (Wildman–Crippen MR) is 74.1 cm³/mol. The van der Waals surface area contributed by atoms with Crippen LogP contribution in [0.5, 0.6) is 0 Å². The van der Waals surface area contributed by atoms with Gasteiger partial charge in [0, 0.05) is 22.7 Å². The lowest BCUT2D eigenvalue weighted by atomic mass is 10.2. The molecule has 2 aromatic heterocycles.